The third-order valence-electron chi connectivity index (χ3n) is 3.25. The average molecular weight is 235 g/mol. The van der Waals surface area contributed by atoms with Crippen molar-refractivity contribution in [3.63, 3.8) is 0 Å². The molecule has 17 heavy (non-hydrogen) atoms. The molecular formula is C12H17N3O2. The van der Waals surface area contributed by atoms with Crippen molar-refractivity contribution < 1.29 is 4.92 Å². The fourth-order valence-corrected chi connectivity index (χ4v) is 2.37. The molecule has 0 amide bonds. The standard InChI is InChI=1S/C12H17N3O2/c1-2-14-8-7-13-9-12(14)10-5-3-4-6-11(10)15(16)17/h3-6,12-13H,2,7-9H2,1H3. The van der Waals surface area contributed by atoms with Gasteiger partial charge >= 0.3 is 0 Å². The maximum atomic E-state index is 11.0. The zero-order valence-corrected chi connectivity index (χ0v) is 9.93. The Kier molecular flexibility index (Phi) is 3.71. The topological polar surface area (TPSA) is 58.4 Å². The number of nitrogens with one attached hydrogen (secondary N) is 1. The van der Waals surface area contributed by atoms with Gasteiger partial charge in [-0.3, -0.25) is 15.0 Å². The molecule has 0 aromatic heterocycles. The lowest BCUT2D eigenvalue weighted by molar-refractivity contribution is -0.386. The molecule has 1 aliphatic rings. The van der Waals surface area contributed by atoms with Crippen LogP contribution in [0.4, 0.5) is 5.69 Å². The molecule has 0 aliphatic carbocycles. The van der Waals surface area contributed by atoms with Crippen LogP contribution in [0.25, 0.3) is 0 Å². The largest absolute Gasteiger partial charge is 0.314 e. The highest BCUT2D eigenvalue weighted by molar-refractivity contribution is 5.42. The Morgan fingerprint density at radius 2 is 2.29 bits per heavy atom. The van der Waals surface area contributed by atoms with Crippen molar-refractivity contribution >= 4 is 5.69 Å². The fourth-order valence-electron chi connectivity index (χ4n) is 2.37. The van der Waals surface area contributed by atoms with E-state index in [1.54, 1.807) is 12.1 Å². The molecule has 1 atom stereocenters. The summed E-state index contributed by atoms with van der Waals surface area (Å²) in [7, 11) is 0. The Labute approximate surface area is 101 Å². The van der Waals surface area contributed by atoms with Crippen LogP contribution in [0.3, 0.4) is 0 Å². The maximum absolute atomic E-state index is 11.0. The Bertz CT molecular complexity index is 408. The van der Waals surface area contributed by atoms with Crippen molar-refractivity contribution in [1.82, 2.24) is 10.2 Å². The summed E-state index contributed by atoms with van der Waals surface area (Å²) in [5, 5.41) is 14.3. The quantitative estimate of drug-likeness (QED) is 0.638. The molecule has 0 spiro atoms. The molecule has 1 aromatic carbocycles. The SMILES string of the molecule is CCN1CCNCC1c1ccccc1[N+](=O)[O-]. The van der Waals surface area contributed by atoms with E-state index in [2.05, 4.69) is 17.1 Å². The van der Waals surface area contributed by atoms with Crippen LogP contribution in [0.5, 0.6) is 0 Å². The van der Waals surface area contributed by atoms with Crippen LogP contribution < -0.4 is 5.32 Å². The Morgan fingerprint density at radius 3 is 3.00 bits per heavy atom. The molecule has 2 rings (SSSR count). The van der Waals surface area contributed by atoms with E-state index in [-0.39, 0.29) is 16.7 Å². The van der Waals surface area contributed by atoms with Gasteiger partial charge in [0.05, 0.1) is 11.0 Å². The van der Waals surface area contributed by atoms with Crippen LogP contribution in [0, 0.1) is 10.1 Å². The first-order chi connectivity index (χ1) is 8.24. The molecule has 5 nitrogen and oxygen atoms in total. The number of piperazine rings is 1. The van der Waals surface area contributed by atoms with Gasteiger partial charge in [-0.1, -0.05) is 25.1 Å². The second-order valence-electron chi connectivity index (χ2n) is 4.16. The first-order valence-corrected chi connectivity index (χ1v) is 5.92. The number of likely N-dealkylation sites (N-methyl/N-ethyl adjacent to an activating group) is 1. The Hall–Kier alpha value is -1.46. The minimum Gasteiger partial charge on any atom is -0.314 e. The van der Waals surface area contributed by atoms with E-state index in [4.69, 9.17) is 0 Å². The minimum atomic E-state index is -0.294. The van der Waals surface area contributed by atoms with Crippen molar-refractivity contribution in [3.05, 3.63) is 39.9 Å². The van der Waals surface area contributed by atoms with Gasteiger partial charge in [-0.25, -0.2) is 0 Å². The highest BCUT2D eigenvalue weighted by Crippen LogP contribution is 2.29. The van der Waals surface area contributed by atoms with Crippen molar-refractivity contribution in [2.45, 2.75) is 13.0 Å². The highest BCUT2D eigenvalue weighted by atomic mass is 16.6. The van der Waals surface area contributed by atoms with Crippen LogP contribution in [-0.4, -0.2) is 36.0 Å². The molecule has 1 N–H and O–H groups in total. The van der Waals surface area contributed by atoms with Gasteiger partial charge in [0.2, 0.25) is 0 Å². The van der Waals surface area contributed by atoms with Crippen LogP contribution >= 0.6 is 0 Å². The van der Waals surface area contributed by atoms with Gasteiger partial charge in [-0.2, -0.15) is 0 Å². The monoisotopic (exact) mass is 235 g/mol. The highest BCUT2D eigenvalue weighted by Gasteiger charge is 2.27. The molecule has 5 heteroatoms. The van der Waals surface area contributed by atoms with Gasteiger partial charge in [0.15, 0.2) is 0 Å². The number of para-hydroxylation sites is 1. The van der Waals surface area contributed by atoms with Crippen LogP contribution in [0.15, 0.2) is 24.3 Å². The van der Waals surface area contributed by atoms with E-state index in [0.717, 1.165) is 31.7 Å². The molecule has 1 fully saturated rings. The summed E-state index contributed by atoms with van der Waals surface area (Å²) in [5.41, 5.74) is 1.03. The van der Waals surface area contributed by atoms with Crippen LogP contribution in [-0.2, 0) is 0 Å². The lowest BCUT2D eigenvalue weighted by Crippen LogP contribution is -2.45. The lowest BCUT2D eigenvalue weighted by Gasteiger charge is -2.35. The number of nitrogens with zero attached hydrogens (tertiary/aromatic N) is 2. The van der Waals surface area contributed by atoms with Gasteiger partial charge in [0, 0.05) is 31.3 Å². The van der Waals surface area contributed by atoms with Gasteiger partial charge < -0.3 is 5.32 Å². The maximum Gasteiger partial charge on any atom is 0.274 e. The first kappa shape index (κ1) is 12.0. The van der Waals surface area contributed by atoms with Crippen molar-refractivity contribution in [3.8, 4) is 0 Å². The van der Waals surface area contributed by atoms with E-state index >= 15 is 0 Å². The molecule has 1 aromatic rings. The normalized spacial score (nSPS) is 21.4. The molecule has 1 unspecified atom stereocenters. The van der Waals surface area contributed by atoms with E-state index in [9.17, 15) is 10.1 Å². The number of rotatable bonds is 3. The summed E-state index contributed by atoms with van der Waals surface area (Å²) < 4.78 is 0. The zero-order chi connectivity index (χ0) is 12.3. The van der Waals surface area contributed by atoms with E-state index in [0.29, 0.717) is 0 Å². The van der Waals surface area contributed by atoms with Gasteiger partial charge in [-0.15, -0.1) is 0 Å². The molecule has 1 aliphatic heterocycles. The Balaban J connectivity index is 2.34. The molecule has 0 radical (unpaired) electrons. The second kappa shape index (κ2) is 5.25. The molecular weight excluding hydrogens is 218 g/mol. The molecule has 0 saturated carbocycles. The number of hydrogen-bond acceptors (Lipinski definition) is 4. The second-order valence-corrected chi connectivity index (χ2v) is 4.16. The summed E-state index contributed by atoms with van der Waals surface area (Å²) in [6.07, 6.45) is 0. The van der Waals surface area contributed by atoms with Gasteiger partial charge in [0.1, 0.15) is 0 Å². The first-order valence-electron chi connectivity index (χ1n) is 5.92. The van der Waals surface area contributed by atoms with Crippen molar-refractivity contribution in [2.75, 3.05) is 26.2 Å². The lowest BCUT2D eigenvalue weighted by atomic mass is 10.0. The number of nitro benzene ring substituents is 1. The molecule has 1 saturated heterocycles. The minimum absolute atomic E-state index is 0.107. The predicted octanol–water partition coefficient (Wildman–Crippen LogP) is 1.56. The Morgan fingerprint density at radius 1 is 1.53 bits per heavy atom. The summed E-state index contributed by atoms with van der Waals surface area (Å²) >= 11 is 0. The zero-order valence-electron chi connectivity index (χ0n) is 9.93. The van der Waals surface area contributed by atoms with Crippen molar-refractivity contribution in [1.29, 1.82) is 0 Å². The van der Waals surface area contributed by atoms with E-state index < -0.39 is 0 Å². The molecule has 92 valence electrons. The fraction of sp³-hybridized carbons (Fsp3) is 0.500. The summed E-state index contributed by atoms with van der Waals surface area (Å²) in [5.74, 6) is 0. The van der Waals surface area contributed by atoms with E-state index in [1.807, 2.05) is 12.1 Å². The molecule has 1 heterocycles. The van der Waals surface area contributed by atoms with Gasteiger partial charge in [0.25, 0.3) is 5.69 Å². The number of benzene rings is 1. The third kappa shape index (κ3) is 2.45. The third-order valence-corrected chi connectivity index (χ3v) is 3.25. The molecule has 0 bridgehead atoms. The van der Waals surface area contributed by atoms with Crippen molar-refractivity contribution in [2.24, 2.45) is 0 Å². The van der Waals surface area contributed by atoms with Crippen LogP contribution in [0.2, 0.25) is 0 Å². The number of hydrogen-bond donors (Lipinski definition) is 1. The summed E-state index contributed by atoms with van der Waals surface area (Å²) in [6, 6.07) is 7.13. The van der Waals surface area contributed by atoms with Crippen LogP contribution in [0.1, 0.15) is 18.5 Å². The average Bonchev–Trinajstić information content (AvgIpc) is 2.38. The summed E-state index contributed by atoms with van der Waals surface area (Å²) in [6.45, 7) is 5.67. The summed E-state index contributed by atoms with van der Waals surface area (Å²) in [4.78, 5) is 13.0. The van der Waals surface area contributed by atoms with Gasteiger partial charge in [-0.05, 0) is 6.54 Å². The van der Waals surface area contributed by atoms with E-state index in [1.165, 1.54) is 0 Å². The smallest absolute Gasteiger partial charge is 0.274 e. The predicted molar refractivity (Wildman–Crippen MR) is 66.0 cm³/mol. The number of nitro groups is 1.